The Morgan fingerprint density at radius 1 is 1.37 bits per heavy atom. The summed E-state index contributed by atoms with van der Waals surface area (Å²) in [5, 5.41) is 6.12. The number of carbonyl (C=O) groups excluding carboxylic acids is 1. The van der Waals surface area contributed by atoms with Gasteiger partial charge in [-0.3, -0.25) is 4.79 Å². The van der Waals surface area contributed by atoms with E-state index < -0.39 is 12.4 Å². The Morgan fingerprint density at radius 2 is 2.19 bits per heavy atom. The van der Waals surface area contributed by atoms with Gasteiger partial charge in [0, 0.05) is 32.6 Å². The lowest BCUT2D eigenvalue weighted by Crippen LogP contribution is -2.39. The highest BCUT2D eigenvalue weighted by molar-refractivity contribution is 5.80. The smallest absolute Gasteiger partial charge is 0.387 e. The van der Waals surface area contributed by atoms with E-state index >= 15 is 0 Å². The molecule has 2 N–H and O–H groups in total. The Morgan fingerprint density at radius 3 is 2.85 bits per heavy atom. The van der Waals surface area contributed by atoms with Crippen LogP contribution in [0.1, 0.15) is 31.7 Å². The minimum absolute atomic E-state index is 0.0299. The summed E-state index contributed by atoms with van der Waals surface area (Å²) in [5.41, 5.74) is -0.0299. The van der Waals surface area contributed by atoms with Crippen LogP contribution < -0.4 is 15.4 Å². The predicted octanol–water partition coefficient (Wildman–Crippen LogP) is 2.49. The van der Waals surface area contributed by atoms with Gasteiger partial charge >= 0.3 is 6.61 Å². The molecule has 6 nitrogen and oxygen atoms in total. The van der Waals surface area contributed by atoms with Crippen molar-refractivity contribution in [3.8, 4) is 5.75 Å². The third-order valence-corrected chi connectivity index (χ3v) is 4.10. The van der Waals surface area contributed by atoms with Crippen LogP contribution >= 0.6 is 0 Å². The maximum Gasteiger partial charge on any atom is 0.387 e. The average Bonchev–Trinajstić information content (AvgIpc) is 3.02. The molecule has 0 saturated carbocycles. The minimum atomic E-state index is -3.03. The average molecular weight is 386 g/mol. The van der Waals surface area contributed by atoms with Crippen LogP contribution in [0.4, 0.5) is 13.2 Å². The summed E-state index contributed by atoms with van der Waals surface area (Å²) in [4.78, 5) is 17.7. The number of likely N-dealkylation sites (tertiary alicyclic amines) is 1. The van der Waals surface area contributed by atoms with Crippen molar-refractivity contribution < 1.29 is 22.7 Å². The highest BCUT2D eigenvalue weighted by atomic mass is 19.3. The molecular weight excluding hydrogens is 361 g/mol. The largest absolute Gasteiger partial charge is 0.434 e. The molecule has 1 aromatic rings. The van der Waals surface area contributed by atoms with Gasteiger partial charge < -0.3 is 20.3 Å². The molecule has 2 rings (SSSR count). The number of ether oxygens (including phenoxy) is 1. The number of amides is 1. The second-order valence-corrected chi connectivity index (χ2v) is 6.05. The quantitative estimate of drug-likeness (QED) is 0.389. The van der Waals surface area contributed by atoms with E-state index in [0.29, 0.717) is 32.0 Å². The number of hydrogen-bond acceptors (Lipinski definition) is 3. The molecule has 1 saturated heterocycles. The molecule has 1 aromatic carbocycles. The summed E-state index contributed by atoms with van der Waals surface area (Å²) in [6.45, 7) is 1.34. The summed E-state index contributed by atoms with van der Waals surface area (Å²) >= 11 is 0. The van der Waals surface area contributed by atoms with Crippen LogP contribution in [0, 0.1) is 5.82 Å². The molecule has 1 heterocycles. The van der Waals surface area contributed by atoms with Gasteiger partial charge in [0.05, 0.1) is 12.1 Å². The van der Waals surface area contributed by atoms with Crippen LogP contribution in [0.25, 0.3) is 0 Å². The summed E-state index contributed by atoms with van der Waals surface area (Å²) in [5.74, 6) is -0.254. The van der Waals surface area contributed by atoms with Gasteiger partial charge in [0.1, 0.15) is 11.6 Å². The van der Waals surface area contributed by atoms with Crippen molar-refractivity contribution in [1.82, 2.24) is 15.5 Å². The van der Waals surface area contributed by atoms with E-state index in [0.717, 1.165) is 19.4 Å². The zero-order chi connectivity index (χ0) is 19.6. The summed E-state index contributed by atoms with van der Waals surface area (Å²) in [6, 6.07) is 3.77. The lowest BCUT2D eigenvalue weighted by molar-refractivity contribution is -0.127. The van der Waals surface area contributed by atoms with Crippen LogP contribution in [0.3, 0.4) is 0 Å². The van der Waals surface area contributed by atoms with Gasteiger partial charge in [-0.05, 0) is 31.9 Å². The van der Waals surface area contributed by atoms with Gasteiger partial charge in [0.25, 0.3) is 0 Å². The Balaban J connectivity index is 1.92. The first-order valence-corrected chi connectivity index (χ1v) is 9.03. The lowest BCUT2D eigenvalue weighted by Gasteiger charge is -2.16. The molecular formula is C18H25F3N4O2. The van der Waals surface area contributed by atoms with Crippen LogP contribution in [-0.2, 0) is 11.3 Å². The summed E-state index contributed by atoms with van der Waals surface area (Å²) in [6.07, 6.45) is 2.26. The van der Waals surface area contributed by atoms with Crippen LogP contribution in [0.2, 0.25) is 0 Å². The van der Waals surface area contributed by atoms with Crippen LogP contribution in [-0.4, -0.2) is 49.6 Å². The number of hydrogen-bond donors (Lipinski definition) is 2. The summed E-state index contributed by atoms with van der Waals surface area (Å²) in [7, 11) is 0. The molecule has 0 radical (unpaired) electrons. The van der Waals surface area contributed by atoms with Gasteiger partial charge in [-0.25, -0.2) is 9.38 Å². The molecule has 150 valence electrons. The van der Waals surface area contributed by atoms with Crippen LogP contribution in [0.5, 0.6) is 5.75 Å². The Bertz CT molecular complexity index is 655. The second kappa shape index (κ2) is 10.6. The van der Waals surface area contributed by atoms with Crippen molar-refractivity contribution in [3.05, 3.63) is 29.6 Å². The first kappa shape index (κ1) is 20.9. The highest BCUT2D eigenvalue weighted by Gasteiger charge is 2.19. The first-order chi connectivity index (χ1) is 13.0. The molecule has 0 unspecified atom stereocenters. The molecule has 1 aliphatic heterocycles. The molecule has 1 fully saturated rings. The van der Waals surface area contributed by atoms with E-state index in [4.69, 9.17) is 0 Å². The van der Waals surface area contributed by atoms with E-state index in [1.54, 1.807) is 0 Å². The summed E-state index contributed by atoms with van der Waals surface area (Å²) < 4.78 is 43.3. The third kappa shape index (κ3) is 6.65. The van der Waals surface area contributed by atoms with Gasteiger partial charge in [0.2, 0.25) is 5.91 Å². The first-order valence-electron chi connectivity index (χ1n) is 9.03. The van der Waals surface area contributed by atoms with Crippen molar-refractivity contribution in [1.29, 1.82) is 0 Å². The standard InChI is InChI=1S/C18H25F3N4O2/c1-2-22-18(23-9-5-11-25-10-4-8-16(25)26)24-12-13-14(19)6-3-7-15(13)27-17(20)21/h3,6-7,17H,2,4-5,8-12H2,1H3,(H2,22,23,24). The second-order valence-electron chi connectivity index (χ2n) is 6.05. The Labute approximate surface area is 156 Å². The topological polar surface area (TPSA) is 66.0 Å². The molecule has 0 bridgehead atoms. The number of nitrogens with zero attached hydrogens (tertiary/aromatic N) is 2. The molecule has 9 heteroatoms. The fourth-order valence-electron chi connectivity index (χ4n) is 2.82. The molecule has 0 aromatic heterocycles. The number of alkyl halides is 2. The minimum Gasteiger partial charge on any atom is -0.434 e. The maximum absolute atomic E-state index is 14.0. The van der Waals surface area contributed by atoms with Crippen molar-refractivity contribution in [2.75, 3.05) is 26.2 Å². The zero-order valence-corrected chi connectivity index (χ0v) is 15.3. The Kier molecular flexibility index (Phi) is 8.22. The normalized spacial score (nSPS) is 14.8. The van der Waals surface area contributed by atoms with Crippen molar-refractivity contribution in [2.45, 2.75) is 39.3 Å². The van der Waals surface area contributed by atoms with Gasteiger partial charge in [-0.1, -0.05) is 6.07 Å². The van der Waals surface area contributed by atoms with E-state index in [-0.39, 0.29) is 23.8 Å². The third-order valence-electron chi connectivity index (χ3n) is 4.10. The van der Waals surface area contributed by atoms with Gasteiger partial charge in [0.15, 0.2) is 5.96 Å². The molecule has 0 spiro atoms. The predicted molar refractivity (Wildman–Crippen MR) is 96.3 cm³/mol. The van der Waals surface area contributed by atoms with Crippen molar-refractivity contribution in [2.24, 2.45) is 4.99 Å². The number of benzene rings is 1. The molecule has 0 aliphatic carbocycles. The molecule has 1 aliphatic rings. The van der Waals surface area contributed by atoms with E-state index in [1.165, 1.54) is 18.2 Å². The van der Waals surface area contributed by atoms with E-state index in [2.05, 4.69) is 20.4 Å². The number of rotatable bonds is 9. The zero-order valence-electron chi connectivity index (χ0n) is 15.3. The molecule has 1 amide bonds. The fourth-order valence-corrected chi connectivity index (χ4v) is 2.82. The molecule has 27 heavy (non-hydrogen) atoms. The number of nitrogens with one attached hydrogen (secondary N) is 2. The number of aliphatic imine (C=N–C) groups is 1. The molecule has 0 atom stereocenters. The SMILES string of the molecule is CCNC(=NCc1c(F)cccc1OC(F)F)NCCCN1CCCC1=O. The fraction of sp³-hybridized carbons (Fsp3) is 0.556. The van der Waals surface area contributed by atoms with Crippen molar-refractivity contribution >= 4 is 11.9 Å². The van der Waals surface area contributed by atoms with Crippen molar-refractivity contribution in [3.63, 3.8) is 0 Å². The Hall–Kier alpha value is -2.45. The maximum atomic E-state index is 14.0. The number of carbonyl (C=O) groups is 1. The monoisotopic (exact) mass is 386 g/mol. The number of halogens is 3. The van der Waals surface area contributed by atoms with Gasteiger partial charge in [-0.15, -0.1) is 0 Å². The number of guanidine groups is 1. The van der Waals surface area contributed by atoms with Gasteiger partial charge in [-0.2, -0.15) is 8.78 Å². The van der Waals surface area contributed by atoms with Crippen LogP contribution in [0.15, 0.2) is 23.2 Å². The van der Waals surface area contributed by atoms with E-state index in [9.17, 15) is 18.0 Å². The van der Waals surface area contributed by atoms with E-state index in [1.807, 2.05) is 11.8 Å². The lowest BCUT2D eigenvalue weighted by atomic mass is 10.2. The highest BCUT2D eigenvalue weighted by Crippen LogP contribution is 2.24.